The van der Waals surface area contributed by atoms with Gasteiger partial charge in [-0.05, 0) is 54.3 Å². The van der Waals surface area contributed by atoms with Gasteiger partial charge in [0.15, 0.2) is 11.8 Å². The minimum absolute atomic E-state index is 0.270. The zero-order chi connectivity index (χ0) is 17.8. The van der Waals surface area contributed by atoms with E-state index in [1.165, 1.54) is 5.56 Å². The number of rotatable bonds is 5. The van der Waals surface area contributed by atoms with Crippen molar-refractivity contribution in [3.63, 3.8) is 0 Å². The van der Waals surface area contributed by atoms with Crippen LogP contribution in [0, 0.1) is 13.8 Å². The van der Waals surface area contributed by atoms with E-state index in [1.807, 2.05) is 62.4 Å². The standard InChI is InChI=1S/C19H19N3O3/c1-12-9-10-16(11-13(12)2)24-14(3)19(23)20-18-17(21-25-22-18)15-7-5-4-6-8-15/h4-11,14H,1-3H3,(H,20,22,23)/t14-/m1/s1. The summed E-state index contributed by atoms with van der Waals surface area (Å²) in [4.78, 5) is 12.4. The van der Waals surface area contributed by atoms with Gasteiger partial charge >= 0.3 is 0 Å². The molecule has 0 unspecified atom stereocenters. The van der Waals surface area contributed by atoms with Gasteiger partial charge in [0.25, 0.3) is 5.91 Å². The molecular formula is C19H19N3O3. The average molecular weight is 337 g/mol. The molecule has 0 radical (unpaired) electrons. The number of carbonyl (C=O) groups is 1. The van der Waals surface area contributed by atoms with E-state index in [2.05, 4.69) is 15.6 Å². The first-order valence-corrected chi connectivity index (χ1v) is 7.97. The zero-order valence-corrected chi connectivity index (χ0v) is 14.3. The molecular weight excluding hydrogens is 318 g/mol. The highest BCUT2D eigenvalue weighted by molar-refractivity contribution is 5.95. The van der Waals surface area contributed by atoms with Crippen molar-refractivity contribution in [2.45, 2.75) is 26.9 Å². The predicted octanol–water partition coefficient (Wildman–Crippen LogP) is 3.76. The van der Waals surface area contributed by atoms with Crippen LogP contribution >= 0.6 is 0 Å². The normalized spacial score (nSPS) is 11.8. The number of nitrogens with zero attached hydrogens (tertiary/aromatic N) is 2. The summed E-state index contributed by atoms with van der Waals surface area (Å²) in [5, 5.41) is 10.3. The van der Waals surface area contributed by atoms with Crippen molar-refractivity contribution in [1.29, 1.82) is 0 Å². The number of amides is 1. The molecule has 0 bridgehead atoms. The van der Waals surface area contributed by atoms with E-state index in [0.717, 1.165) is 11.1 Å². The molecule has 0 saturated carbocycles. The Balaban J connectivity index is 1.70. The quantitative estimate of drug-likeness (QED) is 0.767. The maximum absolute atomic E-state index is 12.4. The molecule has 1 heterocycles. The third-order valence-corrected chi connectivity index (χ3v) is 3.94. The van der Waals surface area contributed by atoms with Gasteiger partial charge in [0.2, 0.25) is 5.82 Å². The van der Waals surface area contributed by atoms with Gasteiger partial charge in [0.1, 0.15) is 5.75 Å². The van der Waals surface area contributed by atoms with Crippen molar-refractivity contribution in [2.24, 2.45) is 0 Å². The van der Waals surface area contributed by atoms with Crippen molar-refractivity contribution in [1.82, 2.24) is 10.3 Å². The summed E-state index contributed by atoms with van der Waals surface area (Å²) < 4.78 is 10.5. The fourth-order valence-electron chi connectivity index (χ4n) is 2.32. The first-order valence-electron chi connectivity index (χ1n) is 7.97. The lowest BCUT2D eigenvalue weighted by molar-refractivity contribution is -0.122. The molecule has 0 aliphatic rings. The predicted molar refractivity (Wildman–Crippen MR) is 94.4 cm³/mol. The maximum atomic E-state index is 12.4. The molecule has 1 N–H and O–H groups in total. The smallest absolute Gasteiger partial charge is 0.266 e. The Bertz CT molecular complexity index is 875. The Kier molecular flexibility index (Phi) is 4.79. The molecule has 0 saturated heterocycles. The van der Waals surface area contributed by atoms with Crippen LogP contribution in [-0.4, -0.2) is 22.3 Å². The molecule has 1 amide bonds. The SMILES string of the molecule is Cc1ccc(O[C@H](C)C(=O)Nc2nonc2-c2ccccc2)cc1C. The number of carbonyl (C=O) groups excluding carboxylic acids is 1. The third kappa shape index (κ3) is 3.85. The van der Waals surface area contributed by atoms with E-state index in [-0.39, 0.29) is 11.7 Å². The monoisotopic (exact) mass is 337 g/mol. The number of hydrogen-bond acceptors (Lipinski definition) is 5. The molecule has 2 aromatic carbocycles. The molecule has 1 aromatic heterocycles. The van der Waals surface area contributed by atoms with Crippen molar-refractivity contribution in [2.75, 3.05) is 5.32 Å². The molecule has 128 valence electrons. The molecule has 1 atom stereocenters. The second-order valence-electron chi connectivity index (χ2n) is 5.82. The lowest BCUT2D eigenvalue weighted by Gasteiger charge is -2.15. The average Bonchev–Trinajstić information content (AvgIpc) is 3.07. The van der Waals surface area contributed by atoms with Crippen LogP contribution in [0.4, 0.5) is 5.82 Å². The fourth-order valence-corrected chi connectivity index (χ4v) is 2.32. The van der Waals surface area contributed by atoms with E-state index < -0.39 is 6.10 Å². The molecule has 25 heavy (non-hydrogen) atoms. The van der Waals surface area contributed by atoms with Gasteiger partial charge in [-0.15, -0.1) is 0 Å². The molecule has 6 nitrogen and oxygen atoms in total. The number of hydrogen-bond donors (Lipinski definition) is 1. The van der Waals surface area contributed by atoms with E-state index in [0.29, 0.717) is 11.4 Å². The fraction of sp³-hybridized carbons (Fsp3) is 0.211. The lowest BCUT2D eigenvalue weighted by Crippen LogP contribution is -2.30. The van der Waals surface area contributed by atoms with Crippen LogP contribution in [-0.2, 0) is 4.79 Å². The molecule has 6 heteroatoms. The highest BCUT2D eigenvalue weighted by atomic mass is 16.6. The molecule has 3 aromatic rings. The summed E-state index contributed by atoms with van der Waals surface area (Å²) in [6.07, 6.45) is -0.692. The Morgan fingerprint density at radius 3 is 2.56 bits per heavy atom. The van der Waals surface area contributed by atoms with Gasteiger partial charge in [-0.1, -0.05) is 36.4 Å². The first kappa shape index (κ1) is 16.7. The third-order valence-electron chi connectivity index (χ3n) is 3.94. The van der Waals surface area contributed by atoms with Crippen LogP contribution in [0.25, 0.3) is 11.3 Å². The van der Waals surface area contributed by atoms with E-state index in [1.54, 1.807) is 6.92 Å². The number of aromatic nitrogens is 2. The Morgan fingerprint density at radius 2 is 1.84 bits per heavy atom. The molecule has 0 spiro atoms. The number of aryl methyl sites for hydroxylation is 2. The highest BCUT2D eigenvalue weighted by Crippen LogP contribution is 2.24. The topological polar surface area (TPSA) is 77.2 Å². The van der Waals surface area contributed by atoms with Crippen LogP contribution < -0.4 is 10.1 Å². The minimum atomic E-state index is -0.692. The van der Waals surface area contributed by atoms with Crippen molar-refractivity contribution in [3.8, 4) is 17.0 Å². The van der Waals surface area contributed by atoms with Gasteiger partial charge in [-0.25, -0.2) is 4.63 Å². The Labute approximate surface area is 145 Å². The van der Waals surface area contributed by atoms with Crippen LogP contribution in [0.2, 0.25) is 0 Å². The summed E-state index contributed by atoms with van der Waals surface area (Å²) in [6, 6.07) is 15.1. The molecule has 0 fully saturated rings. The van der Waals surface area contributed by atoms with Crippen molar-refractivity contribution in [3.05, 3.63) is 59.7 Å². The van der Waals surface area contributed by atoms with Gasteiger partial charge in [0, 0.05) is 5.56 Å². The number of ether oxygens (including phenoxy) is 1. The lowest BCUT2D eigenvalue weighted by atomic mass is 10.1. The Morgan fingerprint density at radius 1 is 1.08 bits per heavy atom. The minimum Gasteiger partial charge on any atom is -0.481 e. The van der Waals surface area contributed by atoms with Crippen LogP contribution in [0.15, 0.2) is 53.2 Å². The summed E-state index contributed by atoms with van der Waals surface area (Å²) in [6.45, 7) is 5.71. The number of anilines is 1. The second kappa shape index (κ2) is 7.17. The van der Waals surface area contributed by atoms with E-state index in [9.17, 15) is 4.79 Å². The number of nitrogens with one attached hydrogen (secondary N) is 1. The molecule has 0 aliphatic carbocycles. The van der Waals surface area contributed by atoms with Gasteiger partial charge < -0.3 is 10.1 Å². The van der Waals surface area contributed by atoms with Gasteiger partial charge in [-0.3, -0.25) is 4.79 Å². The summed E-state index contributed by atoms with van der Waals surface area (Å²) >= 11 is 0. The maximum Gasteiger partial charge on any atom is 0.266 e. The first-order chi connectivity index (χ1) is 12.0. The van der Waals surface area contributed by atoms with E-state index in [4.69, 9.17) is 9.37 Å². The van der Waals surface area contributed by atoms with Gasteiger partial charge in [-0.2, -0.15) is 0 Å². The van der Waals surface area contributed by atoms with Crippen LogP contribution in [0.5, 0.6) is 5.75 Å². The molecule has 0 aliphatic heterocycles. The van der Waals surface area contributed by atoms with Crippen molar-refractivity contribution >= 4 is 11.7 Å². The van der Waals surface area contributed by atoms with E-state index >= 15 is 0 Å². The van der Waals surface area contributed by atoms with Crippen molar-refractivity contribution < 1.29 is 14.2 Å². The molecule has 3 rings (SSSR count). The van der Waals surface area contributed by atoms with Crippen LogP contribution in [0.1, 0.15) is 18.1 Å². The largest absolute Gasteiger partial charge is 0.481 e. The highest BCUT2D eigenvalue weighted by Gasteiger charge is 2.20. The Hall–Kier alpha value is -3.15. The number of benzene rings is 2. The van der Waals surface area contributed by atoms with Gasteiger partial charge in [0.05, 0.1) is 0 Å². The van der Waals surface area contributed by atoms with Crippen LogP contribution in [0.3, 0.4) is 0 Å². The summed E-state index contributed by atoms with van der Waals surface area (Å²) in [5.41, 5.74) is 3.57. The zero-order valence-electron chi connectivity index (χ0n) is 14.3. The second-order valence-corrected chi connectivity index (χ2v) is 5.82. The summed E-state index contributed by atoms with van der Waals surface area (Å²) in [7, 11) is 0. The summed E-state index contributed by atoms with van der Waals surface area (Å²) in [5.74, 6) is 0.588.